The first-order valence-electron chi connectivity index (χ1n) is 8.34. The Hall–Kier alpha value is -2.58. The minimum atomic E-state index is -0.475. The summed E-state index contributed by atoms with van der Waals surface area (Å²) in [5, 5.41) is 6.70. The maximum atomic E-state index is 13.9. The van der Waals surface area contributed by atoms with Crippen LogP contribution in [0.3, 0.4) is 0 Å². The van der Waals surface area contributed by atoms with Crippen molar-refractivity contribution in [3.8, 4) is 5.69 Å². The maximum Gasteiger partial charge on any atom is 0.238 e. The van der Waals surface area contributed by atoms with Gasteiger partial charge >= 0.3 is 0 Å². The molecule has 0 saturated heterocycles. The van der Waals surface area contributed by atoms with Gasteiger partial charge < -0.3 is 5.32 Å². The van der Waals surface area contributed by atoms with Crippen LogP contribution in [0, 0.1) is 5.82 Å². The Morgan fingerprint density at radius 1 is 1.30 bits per heavy atom. The summed E-state index contributed by atoms with van der Waals surface area (Å²) in [6.45, 7) is 2.15. The average Bonchev–Trinajstić information content (AvgIpc) is 3.18. The number of amides is 1. The Morgan fingerprint density at radius 2 is 2.04 bits per heavy atom. The molecule has 3 rings (SSSR count). The van der Waals surface area contributed by atoms with E-state index in [-0.39, 0.29) is 24.2 Å². The fourth-order valence-corrected chi connectivity index (χ4v) is 2.98. The zero-order chi connectivity index (χ0) is 19.4. The molecule has 2 aromatic carbocycles. The number of hydrogen-bond donors (Lipinski definition) is 1. The third-order valence-corrected chi connectivity index (χ3v) is 4.81. The molecule has 27 heavy (non-hydrogen) atoms. The summed E-state index contributed by atoms with van der Waals surface area (Å²) in [5.74, 6) is -0.748. The van der Waals surface area contributed by atoms with Crippen molar-refractivity contribution in [2.45, 2.75) is 13.0 Å². The minimum Gasteiger partial charge on any atom is -0.322 e. The summed E-state index contributed by atoms with van der Waals surface area (Å²) in [6, 6.07) is 12.4. The van der Waals surface area contributed by atoms with Crippen LogP contribution < -0.4 is 5.32 Å². The van der Waals surface area contributed by atoms with Gasteiger partial charge in [0.25, 0.3) is 0 Å². The van der Waals surface area contributed by atoms with Crippen molar-refractivity contribution >= 4 is 27.5 Å². The van der Waals surface area contributed by atoms with E-state index in [9.17, 15) is 9.18 Å². The number of carbonyl (C=O) groups excluding carboxylic acids is 1. The summed E-state index contributed by atoms with van der Waals surface area (Å²) in [4.78, 5) is 18.1. The highest BCUT2D eigenvalue weighted by molar-refractivity contribution is 9.10. The number of halogens is 2. The molecule has 0 saturated carbocycles. The number of nitrogens with zero attached hydrogens (tertiary/aromatic N) is 4. The van der Waals surface area contributed by atoms with Gasteiger partial charge in [0, 0.05) is 10.5 Å². The molecule has 0 aliphatic heterocycles. The van der Waals surface area contributed by atoms with Gasteiger partial charge in [0.1, 0.15) is 18.5 Å². The van der Waals surface area contributed by atoms with E-state index in [0.717, 1.165) is 11.3 Å². The molecule has 0 unspecified atom stereocenters. The highest BCUT2D eigenvalue weighted by Crippen LogP contribution is 2.21. The van der Waals surface area contributed by atoms with Gasteiger partial charge in [0.2, 0.25) is 5.91 Å². The predicted octanol–water partition coefficient (Wildman–Crippen LogP) is 3.80. The SMILES string of the molecule is C[C@@H](c1ccc(-n2cncn2)cc1)N(C)CC(=O)Nc1ccc(Br)cc1F. The lowest BCUT2D eigenvalue weighted by molar-refractivity contribution is -0.117. The first-order valence-corrected chi connectivity index (χ1v) is 9.13. The summed E-state index contributed by atoms with van der Waals surface area (Å²) < 4.78 is 16.2. The number of nitrogens with one attached hydrogen (secondary N) is 1. The molecule has 0 fully saturated rings. The van der Waals surface area contributed by atoms with Gasteiger partial charge in [0.15, 0.2) is 0 Å². The second-order valence-electron chi connectivity index (χ2n) is 6.20. The van der Waals surface area contributed by atoms with Crippen LogP contribution >= 0.6 is 15.9 Å². The van der Waals surface area contributed by atoms with E-state index in [0.29, 0.717) is 4.47 Å². The quantitative estimate of drug-likeness (QED) is 0.644. The zero-order valence-electron chi connectivity index (χ0n) is 14.9. The normalized spacial score (nSPS) is 12.2. The highest BCUT2D eigenvalue weighted by Gasteiger charge is 2.16. The van der Waals surface area contributed by atoms with Crippen LogP contribution in [0.4, 0.5) is 10.1 Å². The number of likely N-dealkylation sites (N-methyl/N-ethyl adjacent to an activating group) is 1. The van der Waals surface area contributed by atoms with Crippen LogP contribution in [0.25, 0.3) is 5.69 Å². The minimum absolute atomic E-state index is 0.00955. The third kappa shape index (κ3) is 4.78. The Labute approximate surface area is 165 Å². The Kier molecular flexibility index (Phi) is 5.98. The van der Waals surface area contributed by atoms with Crippen LogP contribution in [0.1, 0.15) is 18.5 Å². The molecule has 0 aliphatic carbocycles. The van der Waals surface area contributed by atoms with E-state index in [2.05, 4.69) is 31.3 Å². The first-order chi connectivity index (χ1) is 12.9. The maximum absolute atomic E-state index is 13.9. The monoisotopic (exact) mass is 431 g/mol. The zero-order valence-corrected chi connectivity index (χ0v) is 16.5. The topological polar surface area (TPSA) is 63.1 Å². The fraction of sp³-hybridized carbons (Fsp3) is 0.211. The molecule has 1 N–H and O–H groups in total. The lowest BCUT2D eigenvalue weighted by Crippen LogP contribution is -2.32. The Bertz CT molecular complexity index is 914. The van der Waals surface area contributed by atoms with Gasteiger partial charge in [-0.1, -0.05) is 28.1 Å². The van der Waals surface area contributed by atoms with Crippen molar-refractivity contribution in [1.29, 1.82) is 0 Å². The second kappa shape index (κ2) is 8.41. The van der Waals surface area contributed by atoms with Gasteiger partial charge in [-0.15, -0.1) is 0 Å². The van der Waals surface area contributed by atoms with Crippen LogP contribution in [0.2, 0.25) is 0 Å². The largest absolute Gasteiger partial charge is 0.322 e. The lowest BCUT2D eigenvalue weighted by atomic mass is 10.1. The van der Waals surface area contributed by atoms with E-state index < -0.39 is 5.82 Å². The highest BCUT2D eigenvalue weighted by atomic mass is 79.9. The van der Waals surface area contributed by atoms with Gasteiger partial charge in [0.05, 0.1) is 17.9 Å². The molecule has 0 bridgehead atoms. The van der Waals surface area contributed by atoms with Crippen LogP contribution in [-0.4, -0.2) is 39.2 Å². The molecular weight excluding hydrogens is 413 g/mol. The Balaban J connectivity index is 1.61. The lowest BCUT2D eigenvalue weighted by Gasteiger charge is -2.24. The van der Waals surface area contributed by atoms with Gasteiger partial charge in [-0.25, -0.2) is 14.1 Å². The van der Waals surface area contributed by atoms with Gasteiger partial charge in [-0.05, 0) is 49.9 Å². The predicted molar refractivity (Wildman–Crippen MR) is 105 cm³/mol. The standard InChI is InChI=1S/C19H19BrFN5O/c1-13(14-3-6-16(7-4-14)26-12-22-11-23-26)25(2)10-19(27)24-18-8-5-15(20)9-17(18)21/h3-9,11-13H,10H2,1-2H3,(H,24,27)/t13-/m0/s1. The van der Waals surface area contributed by atoms with Crippen molar-refractivity contribution in [2.75, 3.05) is 18.9 Å². The van der Waals surface area contributed by atoms with Crippen LogP contribution in [0.5, 0.6) is 0 Å². The number of aromatic nitrogens is 3. The van der Waals surface area contributed by atoms with Crippen LogP contribution in [-0.2, 0) is 4.79 Å². The summed E-state index contributed by atoms with van der Waals surface area (Å²) >= 11 is 3.20. The molecule has 0 radical (unpaired) electrons. The summed E-state index contributed by atoms with van der Waals surface area (Å²) in [7, 11) is 1.85. The molecule has 0 aliphatic rings. The molecule has 6 nitrogen and oxygen atoms in total. The number of carbonyl (C=O) groups is 1. The number of hydrogen-bond acceptors (Lipinski definition) is 4. The molecule has 8 heteroatoms. The van der Waals surface area contributed by atoms with Crippen molar-refractivity contribution in [2.24, 2.45) is 0 Å². The van der Waals surface area contributed by atoms with Crippen molar-refractivity contribution in [3.63, 3.8) is 0 Å². The molecule has 1 aromatic heterocycles. The summed E-state index contributed by atoms with van der Waals surface area (Å²) in [6.07, 6.45) is 3.12. The molecule has 0 spiro atoms. The first kappa shape index (κ1) is 19.2. The molecule has 140 valence electrons. The van der Waals surface area contributed by atoms with E-state index in [1.165, 1.54) is 18.5 Å². The second-order valence-corrected chi connectivity index (χ2v) is 7.11. The van der Waals surface area contributed by atoms with Crippen molar-refractivity contribution < 1.29 is 9.18 Å². The van der Waals surface area contributed by atoms with Gasteiger partial charge in [-0.2, -0.15) is 5.10 Å². The molecular formula is C19H19BrFN5O. The van der Waals surface area contributed by atoms with Crippen molar-refractivity contribution in [1.82, 2.24) is 19.7 Å². The van der Waals surface area contributed by atoms with E-state index in [1.807, 2.05) is 43.1 Å². The van der Waals surface area contributed by atoms with E-state index in [1.54, 1.807) is 17.1 Å². The fourth-order valence-electron chi connectivity index (χ4n) is 2.65. The average molecular weight is 432 g/mol. The smallest absolute Gasteiger partial charge is 0.238 e. The van der Waals surface area contributed by atoms with Gasteiger partial charge in [-0.3, -0.25) is 9.69 Å². The van der Waals surface area contributed by atoms with Crippen LogP contribution in [0.15, 0.2) is 59.6 Å². The molecule has 1 heterocycles. The van der Waals surface area contributed by atoms with E-state index in [4.69, 9.17) is 0 Å². The van der Waals surface area contributed by atoms with Crippen molar-refractivity contribution in [3.05, 3.63) is 71.0 Å². The third-order valence-electron chi connectivity index (χ3n) is 4.32. The summed E-state index contributed by atoms with van der Waals surface area (Å²) in [5.41, 5.74) is 2.14. The number of anilines is 1. The Morgan fingerprint density at radius 3 is 2.67 bits per heavy atom. The molecule has 3 aromatic rings. The number of benzene rings is 2. The van der Waals surface area contributed by atoms with E-state index >= 15 is 0 Å². The number of rotatable bonds is 6. The molecule has 1 atom stereocenters. The molecule has 1 amide bonds.